The van der Waals surface area contributed by atoms with Gasteiger partial charge in [0.2, 0.25) is 0 Å². The van der Waals surface area contributed by atoms with Crippen molar-refractivity contribution >= 4 is 34.2 Å². The predicted molar refractivity (Wildman–Crippen MR) is 52.9 cm³/mol. The van der Waals surface area contributed by atoms with Crippen molar-refractivity contribution in [3.63, 3.8) is 0 Å². The molecule has 0 aliphatic heterocycles. The molecule has 0 spiro atoms. The first-order chi connectivity index (χ1) is 6.11. The van der Waals surface area contributed by atoms with Gasteiger partial charge in [-0.25, -0.2) is 4.79 Å². The van der Waals surface area contributed by atoms with E-state index < -0.39 is 5.97 Å². The van der Waals surface area contributed by atoms with E-state index in [2.05, 4.69) is 0 Å². The quantitative estimate of drug-likeness (QED) is 0.773. The molecule has 0 saturated heterocycles. The van der Waals surface area contributed by atoms with Gasteiger partial charge in [-0.15, -0.1) is 0 Å². The molecule has 13 heavy (non-hydrogen) atoms. The number of halogens is 2. The Kier molecular flexibility index (Phi) is 3.34. The zero-order valence-corrected chi connectivity index (χ0v) is 8.01. The van der Waals surface area contributed by atoms with Crippen LogP contribution < -0.4 is 0 Å². The molecule has 1 aromatic carbocycles. The number of rotatable bonds is 2. The van der Waals surface area contributed by atoms with Crippen LogP contribution in [0.25, 0.3) is 5.03 Å². The molecule has 0 atom stereocenters. The van der Waals surface area contributed by atoms with Gasteiger partial charge >= 0.3 is 5.97 Å². The molecule has 0 aliphatic rings. The van der Waals surface area contributed by atoms with Crippen LogP contribution in [0.1, 0.15) is 5.56 Å². The van der Waals surface area contributed by atoms with Crippen molar-refractivity contribution in [2.45, 2.75) is 0 Å². The monoisotopic (exact) mass is 216 g/mol. The van der Waals surface area contributed by atoms with Gasteiger partial charge in [0.15, 0.2) is 0 Å². The first-order valence-corrected chi connectivity index (χ1v) is 4.22. The maximum absolute atomic E-state index is 10.3. The fourth-order valence-electron chi connectivity index (χ4n) is 0.841. The standard InChI is InChI=1S/C9H6Cl2O2/c10-7-4-2-1-3-6(7)8(11)5-9(12)13/h1-5H,(H,12,13). The van der Waals surface area contributed by atoms with Gasteiger partial charge in [0.1, 0.15) is 0 Å². The van der Waals surface area contributed by atoms with Crippen LogP contribution in [0.4, 0.5) is 0 Å². The van der Waals surface area contributed by atoms with Crippen molar-refractivity contribution in [3.05, 3.63) is 40.9 Å². The van der Waals surface area contributed by atoms with Crippen LogP contribution in [0.15, 0.2) is 30.3 Å². The molecule has 1 aromatic rings. The zero-order valence-electron chi connectivity index (χ0n) is 6.50. The molecular formula is C9H6Cl2O2. The van der Waals surface area contributed by atoms with Gasteiger partial charge in [-0.1, -0.05) is 41.4 Å². The van der Waals surface area contributed by atoms with Crippen LogP contribution in [0.3, 0.4) is 0 Å². The Morgan fingerprint density at radius 3 is 2.54 bits per heavy atom. The van der Waals surface area contributed by atoms with Crippen molar-refractivity contribution in [3.8, 4) is 0 Å². The van der Waals surface area contributed by atoms with Gasteiger partial charge in [-0.05, 0) is 6.07 Å². The Balaban J connectivity index is 3.08. The first kappa shape index (κ1) is 10.1. The summed E-state index contributed by atoms with van der Waals surface area (Å²) in [5.74, 6) is -1.09. The third-order valence-electron chi connectivity index (χ3n) is 1.38. The summed E-state index contributed by atoms with van der Waals surface area (Å²) in [7, 11) is 0. The lowest BCUT2D eigenvalue weighted by Gasteiger charge is -1.99. The van der Waals surface area contributed by atoms with Crippen molar-refractivity contribution in [1.82, 2.24) is 0 Å². The number of carboxylic acid groups (broad SMARTS) is 1. The minimum Gasteiger partial charge on any atom is -0.478 e. The molecule has 0 bridgehead atoms. The lowest BCUT2D eigenvalue weighted by Crippen LogP contribution is -1.89. The second kappa shape index (κ2) is 4.30. The van der Waals surface area contributed by atoms with Gasteiger partial charge in [0, 0.05) is 16.7 Å². The summed E-state index contributed by atoms with van der Waals surface area (Å²) in [6.07, 6.45) is 0.906. The highest BCUT2D eigenvalue weighted by Crippen LogP contribution is 2.25. The Morgan fingerprint density at radius 1 is 1.38 bits per heavy atom. The molecular weight excluding hydrogens is 211 g/mol. The topological polar surface area (TPSA) is 37.3 Å². The normalized spacial score (nSPS) is 11.4. The predicted octanol–water partition coefficient (Wildman–Crippen LogP) is 3.00. The molecule has 4 heteroatoms. The molecule has 1 N–H and O–H groups in total. The largest absolute Gasteiger partial charge is 0.478 e. The minimum atomic E-state index is -1.09. The van der Waals surface area contributed by atoms with E-state index in [1.54, 1.807) is 24.3 Å². The summed E-state index contributed by atoms with van der Waals surface area (Å²) in [6.45, 7) is 0. The molecule has 68 valence electrons. The van der Waals surface area contributed by atoms with Crippen LogP contribution in [0.2, 0.25) is 5.02 Å². The van der Waals surface area contributed by atoms with Crippen LogP contribution in [-0.2, 0) is 4.79 Å². The number of hydrogen-bond donors (Lipinski definition) is 1. The lowest BCUT2D eigenvalue weighted by molar-refractivity contribution is -0.131. The van der Waals surface area contributed by atoms with E-state index in [9.17, 15) is 4.79 Å². The maximum Gasteiger partial charge on any atom is 0.329 e. The molecule has 0 heterocycles. The number of carbonyl (C=O) groups is 1. The average Bonchev–Trinajstić information content (AvgIpc) is 2.03. The van der Waals surface area contributed by atoms with Crippen molar-refractivity contribution < 1.29 is 9.90 Å². The zero-order chi connectivity index (χ0) is 9.84. The Bertz CT molecular complexity index is 358. The second-order valence-electron chi connectivity index (χ2n) is 2.31. The maximum atomic E-state index is 10.3. The highest BCUT2D eigenvalue weighted by molar-refractivity contribution is 6.51. The molecule has 0 saturated carbocycles. The van der Waals surface area contributed by atoms with Crippen molar-refractivity contribution in [2.24, 2.45) is 0 Å². The Hall–Kier alpha value is -0.990. The van der Waals surface area contributed by atoms with Crippen LogP contribution in [0.5, 0.6) is 0 Å². The molecule has 0 aliphatic carbocycles. The van der Waals surface area contributed by atoms with Gasteiger partial charge in [0.25, 0.3) is 0 Å². The Morgan fingerprint density at radius 2 is 2.00 bits per heavy atom. The van der Waals surface area contributed by atoms with Crippen molar-refractivity contribution in [2.75, 3.05) is 0 Å². The smallest absolute Gasteiger partial charge is 0.329 e. The molecule has 1 rings (SSSR count). The summed E-state index contributed by atoms with van der Waals surface area (Å²) < 4.78 is 0. The van der Waals surface area contributed by atoms with E-state index in [1.165, 1.54) is 0 Å². The summed E-state index contributed by atoms with van der Waals surface area (Å²) >= 11 is 11.5. The summed E-state index contributed by atoms with van der Waals surface area (Å²) in [4.78, 5) is 10.3. The average molecular weight is 217 g/mol. The Labute approximate surface area is 85.4 Å². The number of benzene rings is 1. The molecule has 0 unspecified atom stereocenters. The van der Waals surface area contributed by atoms with Gasteiger partial charge < -0.3 is 5.11 Å². The van der Waals surface area contributed by atoms with E-state index >= 15 is 0 Å². The van der Waals surface area contributed by atoms with Crippen LogP contribution in [0, 0.1) is 0 Å². The van der Waals surface area contributed by atoms with E-state index in [4.69, 9.17) is 28.3 Å². The van der Waals surface area contributed by atoms with E-state index in [-0.39, 0.29) is 5.03 Å². The van der Waals surface area contributed by atoms with Crippen LogP contribution >= 0.6 is 23.2 Å². The molecule has 0 radical (unpaired) electrons. The minimum absolute atomic E-state index is 0.123. The highest BCUT2D eigenvalue weighted by Gasteiger charge is 2.04. The summed E-state index contributed by atoms with van der Waals surface area (Å²) in [5.41, 5.74) is 0.522. The fourth-order valence-corrected chi connectivity index (χ4v) is 1.39. The molecule has 0 aromatic heterocycles. The summed E-state index contributed by atoms with van der Waals surface area (Å²) in [6, 6.07) is 6.79. The van der Waals surface area contributed by atoms with E-state index in [1.807, 2.05) is 0 Å². The van der Waals surface area contributed by atoms with Gasteiger partial charge in [0.05, 0.1) is 5.03 Å². The first-order valence-electron chi connectivity index (χ1n) is 3.46. The highest BCUT2D eigenvalue weighted by atomic mass is 35.5. The number of aliphatic carboxylic acids is 1. The van der Waals surface area contributed by atoms with E-state index in [0.29, 0.717) is 10.6 Å². The van der Waals surface area contributed by atoms with Gasteiger partial charge in [-0.2, -0.15) is 0 Å². The van der Waals surface area contributed by atoms with E-state index in [0.717, 1.165) is 6.08 Å². The third-order valence-corrected chi connectivity index (χ3v) is 2.02. The lowest BCUT2D eigenvalue weighted by atomic mass is 10.2. The fraction of sp³-hybridized carbons (Fsp3) is 0. The molecule has 0 amide bonds. The van der Waals surface area contributed by atoms with Crippen molar-refractivity contribution in [1.29, 1.82) is 0 Å². The molecule has 0 fully saturated rings. The third kappa shape index (κ3) is 2.76. The van der Waals surface area contributed by atoms with Gasteiger partial charge in [-0.3, -0.25) is 0 Å². The number of carboxylic acids is 1. The SMILES string of the molecule is O=C(O)C=C(Cl)c1ccccc1Cl. The molecule has 2 nitrogen and oxygen atoms in total. The van der Waals surface area contributed by atoms with Crippen LogP contribution in [-0.4, -0.2) is 11.1 Å². The summed E-state index contributed by atoms with van der Waals surface area (Å²) in [5, 5.41) is 8.99. The second-order valence-corrected chi connectivity index (χ2v) is 3.12. The number of hydrogen-bond acceptors (Lipinski definition) is 1.